The van der Waals surface area contributed by atoms with Crippen LogP contribution >= 0.6 is 0 Å². The molecule has 106 valence electrons. The van der Waals surface area contributed by atoms with E-state index in [2.05, 4.69) is 22.5 Å². The Hall–Kier alpha value is -2.87. The lowest BCUT2D eigenvalue weighted by molar-refractivity contribution is 0.102. The smallest absolute Gasteiger partial charge is 0.257 e. The molecule has 0 fully saturated rings. The molecule has 1 aromatic heterocycles. The van der Waals surface area contributed by atoms with Crippen molar-refractivity contribution < 1.29 is 4.79 Å². The van der Waals surface area contributed by atoms with Crippen molar-refractivity contribution in [2.75, 3.05) is 17.2 Å². The molecular formula is C16H16N4O. The molecule has 1 heterocycles. The number of rotatable bonds is 5. The molecule has 5 heteroatoms. The van der Waals surface area contributed by atoms with E-state index in [-0.39, 0.29) is 5.91 Å². The van der Waals surface area contributed by atoms with Crippen molar-refractivity contribution in [3.05, 3.63) is 53.9 Å². The highest BCUT2D eigenvalue weighted by molar-refractivity contribution is 6.07. The van der Waals surface area contributed by atoms with Crippen molar-refractivity contribution in [1.82, 2.24) is 4.98 Å². The summed E-state index contributed by atoms with van der Waals surface area (Å²) in [6.07, 6.45) is 4.17. The maximum Gasteiger partial charge on any atom is 0.257 e. The average Bonchev–Trinajstić information content (AvgIpc) is 2.53. The second-order valence-corrected chi connectivity index (χ2v) is 4.49. The Morgan fingerprint density at radius 1 is 1.38 bits per heavy atom. The molecular weight excluding hydrogens is 264 g/mol. The summed E-state index contributed by atoms with van der Waals surface area (Å²) in [5, 5.41) is 14.8. The van der Waals surface area contributed by atoms with Crippen LogP contribution in [0.2, 0.25) is 0 Å². The summed E-state index contributed by atoms with van der Waals surface area (Å²) in [6.45, 7) is 2.83. The van der Waals surface area contributed by atoms with Crippen LogP contribution in [-0.4, -0.2) is 17.4 Å². The number of anilines is 2. The van der Waals surface area contributed by atoms with E-state index in [0.717, 1.165) is 13.0 Å². The fourth-order valence-electron chi connectivity index (χ4n) is 1.86. The fourth-order valence-corrected chi connectivity index (χ4v) is 1.86. The van der Waals surface area contributed by atoms with Gasteiger partial charge in [0.05, 0.1) is 29.1 Å². The number of hydrogen-bond donors (Lipinski definition) is 2. The van der Waals surface area contributed by atoms with E-state index < -0.39 is 0 Å². The van der Waals surface area contributed by atoms with Gasteiger partial charge in [-0.1, -0.05) is 13.0 Å². The fraction of sp³-hybridized carbons (Fsp3) is 0.188. The summed E-state index contributed by atoms with van der Waals surface area (Å²) in [5.41, 5.74) is 2.33. The van der Waals surface area contributed by atoms with Crippen LogP contribution in [0.4, 0.5) is 11.4 Å². The number of nitrogens with zero attached hydrogens (tertiary/aromatic N) is 2. The van der Waals surface area contributed by atoms with Crippen LogP contribution in [0.3, 0.4) is 0 Å². The summed E-state index contributed by atoms with van der Waals surface area (Å²) >= 11 is 0. The Labute approximate surface area is 123 Å². The van der Waals surface area contributed by atoms with Gasteiger partial charge >= 0.3 is 0 Å². The maximum atomic E-state index is 12.3. The molecule has 0 aliphatic rings. The zero-order valence-corrected chi connectivity index (χ0v) is 11.8. The van der Waals surface area contributed by atoms with Gasteiger partial charge in [0.2, 0.25) is 0 Å². The molecule has 0 atom stereocenters. The van der Waals surface area contributed by atoms with Crippen molar-refractivity contribution in [3.8, 4) is 6.07 Å². The van der Waals surface area contributed by atoms with Crippen LogP contribution in [0.1, 0.15) is 29.3 Å². The lowest BCUT2D eigenvalue weighted by atomic mass is 10.2. The summed E-state index contributed by atoms with van der Waals surface area (Å²) < 4.78 is 0. The second-order valence-electron chi connectivity index (χ2n) is 4.49. The van der Waals surface area contributed by atoms with Gasteiger partial charge in [-0.25, -0.2) is 0 Å². The molecule has 2 aromatic rings. The van der Waals surface area contributed by atoms with Crippen molar-refractivity contribution in [2.45, 2.75) is 13.3 Å². The van der Waals surface area contributed by atoms with E-state index in [1.807, 2.05) is 6.07 Å². The molecule has 2 N–H and O–H groups in total. The number of pyridine rings is 1. The van der Waals surface area contributed by atoms with Gasteiger partial charge in [0.1, 0.15) is 0 Å². The van der Waals surface area contributed by atoms with Gasteiger partial charge in [-0.05, 0) is 30.7 Å². The normalized spacial score (nSPS) is 9.71. The first-order valence-electron chi connectivity index (χ1n) is 6.74. The van der Waals surface area contributed by atoms with Crippen molar-refractivity contribution in [2.24, 2.45) is 0 Å². The summed E-state index contributed by atoms with van der Waals surface area (Å²) in [6, 6.07) is 10.5. The number of amides is 1. The topological polar surface area (TPSA) is 77.8 Å². The molecule has 0 radical (unpaired) electrons. The van der Waals surface area contributed by atoms with E-state index >= 15 is 0 Å². The van der Waals surface area contributed by atoms with Gasteiger partial charge in [-0.3, -0.25) is 9.78 Å². The standard InChI is InChI=1S/C16H16N4O/c1-2-7-19-15-11-18-8-6-14(15)16(21)20-13-5-3-4-12(9-13)10-17/h3-6,8-9,11,19H,2,7H2,1H3,(H,20,21). The van der Waals surface area contributed by atoms with Crippen LogP contribution < -0.4 is 10.6 Å². The predicted octanol–water partition coefficient (Wildman–Crippen LogP) is 3.03. The maximum absolute atomic E-state index is 12.3. The minimum atomic E-state index is -0.230. The molecule has 2 rings (SSSR count). The molecule has 0 saturated carbocycles. The van der Waals surface area contributed by atoms with Gasteiger partial charge in [-0.2, -0.15) is 5.26 Å². The molecule has 5 nitrogen and oxygen atoms in total. The molecule has 0 aliphatic heterocycles. The van der Waals surface area contributed by atoms with Gasteiger partial charge in [0.25, 0.3) is 5.91 Å². The monoisotopic (exact) mass is 280 g/mol. The number of benzene rings is 1. The first-order valence-corrected chi connectivity index (χ1v) is 6.74. The zero-order chi connectivity index (χ0) is 15.1. The van der Waals surface area contributed by atoms with Gasteiger partial charge in [0, 0.05) is 18.4 Å². The lowest BCUT2D eigenvalue weighted by Gasteiger charge is -2.11. The molecule has 0 unspecified atom stereocenters. The SMILES string of the molecule is CCCNc1cnccc1C(=O)Nc1cccc(C#N)c1. The molecule has 0 saturated heterocycles. The van der Waals surface area contributed by atoms with E-state index in [9.17, 15) is 4.79 Å². The molecule has 1 amide bonds. The average molecular weight is 280 g/mol. The van der Waals surface area contributed by atoms with Crippen LogP contribution in [0.5, 0.6) is 0 Å². The van der Waals surface area contributed by atoms with Crippen LogP contribution in [-0.2, 0) is 0 Å². The van der Waals surface area contributed by atoms with Crippen molar-refractivity contribution in [1.29, 1.82) is 5.26 Å². The third-order valence-corrected chi connectivity index (χ3v) is 2.88. The number of nitrogens with one attached hydrogen (secondary N) is 2. The Morgan fingerprint density at radius 3 is 3.00 bits per heavy atom. The second kappa shape index (κ2) is 7.06. The van der Waals surface area contributed by atoms with Gasteiger partial charge in [0.15, 0.2) is 0 Å². The third-order valence-electron chi connectivity index (χ3n) is 2.88. The quantitative estimate of drug-likeness (QED) is 0.882. The molecule has 0 bridgehead atoms. The Balaban J connectivity index is 2.18. The Morgan fingerprint density at radius 2 is 2.24 bits per heavy atom. The predicted molar refractivity (Wildman–Crippen MR) is 82.1 cm³/mol. The minimum absolute atomic E-state index is 0.230. The highest BCUT2D eigenvalue weighted by Gasteiger charge is 2.11. The van der Waals surface area contributed by atoms with E-state index in [0.29, 0.717) is 22.5 Å². The number of hydrogen-bond acceptors (Lipinski definition) is 4. The van der Waals surface area contributed by atoms with Crippen LogP contribution in [0.15, 0.2) is 42.7 Å². The first kappa shape index (κ1) is 14.5. The Bertz CT molecular complexity index is 676. The highest BCUT2D eigenvalue weighted by atomic mass is 16.1. The summed E-state index contributed by atoms with van der Waals surface area (Å²) in [5.74, 6) is -0.230. The Kier molecular flexibility index (Phi) is 4.89. The number of carbonyl (C=O) groups excluding carboxylic acids is 1. The van der Waals surface area contributed by atoms with E-state index in [4.69, 9.17) is 5.26 Å². The van der Waals surface area contributed by atoms with Crippen LogP contribution in [0.25, 0.3) is 0 Å². The molecule has 0 spiro atoms. The van der Waals surface area contributed by atoms with E-state index in [1.165, 1.54) is 0 Å². The van der Waals surface area contributed by atoms with Crippen molar-refractivity contribution >= 4 is 17.3 Å². The minimum Gasteiger partial charge on any atom is -0.383 e. The largest absolute Gasteiger partial charge is 0.383 e. The van der Waals surface area contributed by atoms with Gasteiger partial charge in [-0.15, -0.1) is 0 Å². The zero-order valence-electron chi connectivity index (χ0n) is 11.8. The number of nitriles is 1. The summed E-state index contributed by atoms with van der Waals surface area (Å²) in [7, 11) is 0. The molecule has 0 aliphatic carbocycles. The van der Waals surface area contributed by atoms with Gasteiger partial charge < -0.3 is 10.6 Å². The third kappa shape index (κ3) is 3.80. The van der Waals surface area contributed by atoms with Crippen molar-refractivity contribution in [3.63, 3.8) is 0 Å². The molecule has 21 heavy (non-hydrogen) atoms. The number of aromatic nitrogens is 1. The van der Waals surface area contributed by atoms with Crippen LogP contribution in [0, 0.1) is 11.3 Å². The first-order chi connectivity index (χ1) is 10.2. The van der Waals surface area contributed by atoms with E-state index in [1.54, 1.807) is 42.7 Å². The molecule has 1 aromatic carbocycles. The number of carbonyl (C=O) groups is 1. The highest BCUT2D eigenvalue weighted by Crippen LogP contribution is 2.17. The lowest BCUT2D eigenvalue weighted by Crippen LogP contribution is -2.15. The summed E-state index contributed by atoms with van der Waals surface area (Å²) in [4.78, 5) is 16.4.